The minimum absolute atomic E-state index is 0.143. The van der Waals surface area contributed by atoms with Gasteiger partial charge in [-0.3, -0.25) is 4.79 Å². The van der Waals surface area contributed by atoms with E-state index < -0.39 is 15.9 Å². The van der Waals surface area contributed by atoms with Gasteiger partial charge in [0.25, 0.3) is 5.91 Å². The second kappa shape index (κ2) is 7.58. The van der Waals surface area contributed by atoms with Crippen molar-refractivity contribution < 1.29 is 22.7 Å². The van der Waals surface area contributed by atoms with E-state index in [9.17, 15) is 13.2 Å². The lowest BCUT2D eigenvalue weighted by atomic mass is 10.1. The van der Waals surface area contributed by atoms with Crippen molar-refractivity contribution in [3.8, 4) is 11.5 Å². The molecule has 0 spiro atoms. The van der Waals surface area contributed by atoms with E-state index in [-0.39, 0.29) is 17.3 Å². The van der Waals surface area contributed by atoms with Gasteiger partial charge in [-0.2, -0.15) is 4.31 Å². The molecule has 0 saturated heterocycles. The maximum atomic E-state index is 12.8. The normalized spacial score (nSPS) is 13.0. The first-order valence-electron chi connectivity index (χ1n) is 8.68. The van der Waals surface area contributed by atoms with E-state index in [1.807, 2.05) is 0 Å². The van der Waals surface area contributed by atoms with Crippen LogP contribution in [0.1, 0.15) is 29.8 Å². The number of nitrogens with one attached hydrogen (secondary N) is 1. The van der Waals surface area contributed by atoms with Crippen LogP contribution in [0, 0.1) is 6.92 Å². The third-order valence-electron chi connectivity index (χ3n) is 4.40. The Morgan fingerprint density at radius 2 is 1.78 bits per heavy atom. The second-order valence-corrected chi connectivity index (χ2v) is 8.00. The van der Waals surface area contributed by atoms with Gasteiger partial charge in [0, 0.05) is 30.4 Å². The summed E-state index contributed by atoms with van der Waals surface area (Å²) in [4.78, 5) is 12.8. The molecule has 144 valence electrons. The monoisotopic (exact) mass is 390 g/mol. The summed E-state index contributed by atoms with van der Waals surface area (Å²) in [7, 11) is -3.65. The fourth-order valence-electron chi connectivity index (χ4n) is 2.90. The quantitative estimate of drug-likeness (QED) is 0.820. The van der Waals surface area contributed by atoms with E-state index in [1.54, 1.807) is 51.1 Å². The molecular weight excluding hydrogens is 368 g/mol. The smallest absolute Gasteiger partial charge is 0.255 e. The van der Waals surface area contributed by atoms with Crippen molar-refractivity contribution >= 4 is 21.6 Å². The number of hydrogen-bond acceptors (Lipinski definition) is 5. The highest BCUT2D eigenvalue weighted by Gasteiger charge is 2.25. The molecule has 0 aliphatic carbocycles. The van der Waals surface area contributed by atoms with Crippen molar-refractivity contribution in [3.63, 3.8) is 0 Å². The first kappa shape index (κ1) is 19.2. The molecule has 3 rings (SSSR count). The molecule has 2 aromatic rings. The summed E-state index contributed by atoms with van der Waals surface area (Å²) in [6.07, 6.45) is 0. The fraction of sp³-hybridized carbons (Fsp3) is 0.316. The van der Waals surface area contributed by atoms with Crippen LogP contribution in [0.5, 0.6) is 11.5 Å². The van der Waals surface area contributed by atoms with E-state index in [0.717, 1.165) is 0 Å². The number of carbonyl (C=O) groups is 1. The number of anilines is 1. The molecular formula is C19H22N2O5S. The Labute approximate surface area is 158 Å². The SMILES string of the molecule is CCN(CC)S(=O)(=O)c1cc(C(=O)Nc2ccc3c(c2)OCO3)ccc1C. The molecule has 0 bridgehead atoms. The predicted octanol–water partition coefficient (Wildman–Crippen LogP) is 3.01. The average Bonchev–Trinajstić information content (AvgIpc) is 3.10. The van der Waals surface area contributed by atoms with Crippen molar-refractivity contribution in [2.24, 2.45) is 0 Å². The molecule has 1 aliphatic heterocycles. The van der Waals surface area contributed by atoms with Gasteiger partial charge in [0.05, 0.1) is 4.90 Å². The number of ether oxygens (including phenoxy) is 2. The number of rotatable bonds is 6. The Morgan fingerprint density at radius 1 is 1.07 bits per heavy atom. The van der Waals surface area contributed by atoms with Gasteiger partial charge >= 0.3 is 0 Å². The fourth-order valence-corrected chi connectivity index (χ4v) is 4.61. The summed E-state index contributed by atoms with van der Waals surface area (Å²) >= 11 is 0. The standard InChI is InChI=1S/C19H22N2O5S/c1-4-21(5-2)27(23,24)18-10-14(7-6-13(18)3)19(22)20-15-8-9-16-17(11-15)26-12-25-16/h6-11H,4-5,12H2,1-3H3,(H,20,22). The molecule has 7 nitrogen and oxygen atoms in total. The lowest BCUT2D eigenvalue weighted by Gasteiger charge is -2.20. The van der Waals surface area contributed by atoms with Gasteiger partial charge in [0.1, 0.15) is 0 Å². The van der Waals surface area contributed by atoms with E-state index in [2.05, 4.69) is 5.32 Å². The van der Waals surface area contributed by atoms with E-state index >= 15 is 0 Å². The van der Waals surface area contributed by atoms with Crippen LogP contribution in [-0.4, -0.2) is 38.5 Å². The lowest BCUT2D eigenvalue weighted by molar-refractivity contribution is 0.102. The van der Waals surface area contributed by atoms with Crippen LogP contribution in [0.15, 0.2) is 41.3 Å². The Morgan fingerprint density at radius 3 is 2.48 bits per heavy atom. The zero-order chi connectivity index (χ0) is 19.6. The van der Waals surface area contributed by atoms with Gasteiger partial charge in [-0.1, -0.05) is 19.9 Å². The molecule has 0 saturated carbocycles. The predicted molar refractivity (Wildman–Crippen MR) is 102 cm³/mol. The molecule has 1 amide bonds. The number of amides is 1. The maximum Gasteiger partial charge on any atom is 0.255 e. The van der Waals surface area contributed by atoms with Crippen molar-refractivity contribution in [1.82, 2.24) is 4.31 Å². The third kappa shape index (κ3) is 3.77. The molecule has 0 aromatic heterocycles. The Bertz CT molecular complexity index is 968. The minimum Gasteiger partial charge on any atom is -0.454 e. The molecule has 0 atom stereocenters. The molecule has 0 unspecified atom stereocenters. The van der Waals surface area contributed by atoms with Crippen molar-refractivity contribution in [3.05, 3.63) is 47.5 Å². The molecule has 2 aromatic carbocycles. The number of fused-ring (bicyclic) bond motifs is 1. The third-order valence-corrected chi connectivity index (χ3v) is 6.60. The van der Waals surface area contributed by atoms with Gasteiger partial charge in [0.15, 0.2) is 11.5 Å². The van der Waals surface area contributed by atoms with Crippen LogP contribution < -0.4 is 14.8 Å². The van der Waals surface area contributed by atoms with Crippen molar-refractivity contribution in [2.75, 3.05) is 25.2 Å². The molecule has 1 N–H and O–H groups in total. The minimum atomic E-state index is -3.65. The first-order valence-corrected chi connectivity index (χ1v) is 10.1. The maximum absolute atomic E-state index is 12.8. The molecule has 27 heavy (non-hydrogen) atoms. The van der Waals surface area contributed by atoms with Crippen LogP contribution in [0.2, 0.25) is 0 Å². The number of nitrogens with zero attached hydrogens (tertiary/aromatic N) is 1. The van der Waals surface area contributed by atoms with Crippen molar-refractivity contribution in [2.45, 2.75) is 25.7 Å². The van der Waals surface area contributed by atoms with Crippen LogP contribution in [-0.2, 0) is 10.0 Å². The summed E-state index contributed by atoms with van der Waals surface area (Å²) in [5, 5.41) is 2.76. The largest absolute Gasteiger partial charge is 0.454 e. The van der Waals surface area contributed by atoms with Crippen LogP contribution in [0.3, 0.4) is 0 Å². The zero-order valence-corrected chi connectivity index (χ0v) is 16.3. The van der Waals surface area contributed by atoms with Crippen molar-refractivity contribution in [1.29, 1.82) is 0 Å². The summed E-state index contributed by atoms with van der Waals surface area (Å²) in [6.45, 7) is 6.17. The summed E-state index contributed by atoms with van der Waals surface area (Å²) in [5.41, 5.74) is 1.41. The van der Waals surface area contributed by atoms with Gasteiger partial charge in [0.2, 0.25) is 16.8 Å². The zero-order valence-electron chi connectivity index (χ0n) is 15.5. The average molecular weight is 390 g/mol. The Balaban J connectivity index is 1.88. The van der Waals surface area contributed by atoms with Gasteiger partial charge in [-0.25, -0.2) is 8.42 Å². The summed E-state index contributed by atoms with van der Waals surface area (Å²) in [6, 6.07) is 9.76. The lowest BCUT2D eigenvalue weighted by Crippen LogP contribution is -2.31. The van der Waals surface area contributed by atoms with Gasteiger partial charge in [-0.15, -0.1) is 0 Å². The Kier molecular flexibility index (Phi) is 5.38. The molecule has 8 heteroatoms. The molecule has 1 aliphatic rings. The van der Waals surface area contributed by atoms with E-state index in [1.165, 1.54) is 10.4 Å². The highest BCUT2D eigenvalue weighted by Crippen LogP contribution is 2.34. The Hall–Kier alpha value is -2.58. The van der Waals surface area contributed by atoms with E-state index in [0.29, 0.717) is 35.8 Å². The number of benzene rings is 2. The summed E-state index contributed by atoms with van der Waals surface area (Å²) in [5.74, 6) is 0.780. The number of carbonyl (C=O) groups excluding carboxylic acids is 1. The topological polar surface area (TPSA) is 84.9 Å². The number of aryl methyl sites for hydroxylation is 1. The first-order chi connectivity index (χ1) is 12.9. The van der Waals surface area contributed by atoms with Gasteiger partial charge in [-0.05, 0) is 36.8 Å². The van der Waals surface area contributed by atoms with Crippen LogP contribution in [0.4, 0.5) is 5.69 Å². The summed E-state index contributed by atoms with van der Waals surface area (Å²) < 4.78 is 37.6. The second-order valence-electron chi connectivity index (χ2n) is 6.09. The van der Waals surface area contributed by atoms with Gasteiger partial charge < -0.3 is 14.8 Å². The highest BCUT2D eigenvalue weighted by atomic mass is 32.2. The van der Waals surface area contributed by atoms with Crippen LogP contribution in [0.25, 0.3) is 0 Å². The number of hydrogen-bond donors (Lipinski definition) is 1. The number of sulfonamides is 1. The molecule has 1 heterocycles. The molecule has 0 radical (unpaired) electrons. The van der Waals surface area contributed by atoms with Crippen LogP contribution >= 0.6 is 0 Å². The molecule has 0 fully saturated rings. The van der Waals surface area contributed by atoms with E-state index in [4.69, 9.17) is 9.47 Å². The highest BCUT2D eigenvalue weighted by molar-refractivity contribution is 7.89.